The molecule has 32 heavy (non-hydrogen) atoms. The molecule has 0 fully saturated rings. The standard InChI is InChI=1S/C31H59N/c1-8-10-12-14-16-18-20-22-24-32(25-23-21-19-17-15-13-11-9-2)30(7)31-28(5)26(3)27(4)29(31)6/h28,30H,8-25H2,1-7H3. The van der Waals surface area contributed by atoms with Crippen molar-refractivity contribution in [2.45, 2.75) is 157 Å². The Morgan fingerprint density at radius 1 is 0.594 bits per heavy atom. The smallest absolute Gasteiger partial charge is 0.0290 e. The van der Waals surface area contributed by atoms with Gasteiger partial charge in [-0.2, -0.15) is 0 Å². The first-order valence-electron chi connectivity index (χ1n) is 14.6. The summed E-state index contributed by atoms with van der Waals surface area (Å²) in [6, 6.07) is 0.589. The van der Waals surface area contributed by atoms with E-state index >= 15 is 0 Å². The third-order valence-electron chi connectivity index (χ3n) is 8.30. The molecule has 0 aliphatic heterocycles. The second kappa shape index (κ2) is 17.9. The lowest BCUT2D eigenvalue weighted by Crippen LogP contribution is -2.37. The maximum absolute atomic E-state index is 2.84. The molecule has 2 atom stereocenters. The van der Waals surface area contributed by atoms with Crippen LogP contribution in [-0.4, -0.2) is 24.0 Å². The highest BCUT2D eigenvalue weighted by atomic mass is 15.1. The lowest BCUT2D eigenvalue weighted by molar-refractivity contribution is 0.215. The highest BCUT2D eigenvalue weighted by Gasteiger charge is 2.29. The Labute approximate surface area is 203 Å². The summed E-state index contributed by atoms with van der Waals surface area (Å²) in [5, 5.41) is 0. The van der Waals surface area contributed by atoms with Gasteiger partial charge in [0, 0.05) is 12.0 Å². The van der Waals surface area contributed by atoms with Crippen LogP contribution >= 0.6 is 0 Å². The largest absolute Gasteiger partial charge is 0.297 e. The van der Waals surface area contributed by atoms with Gasteiger partial charge < -0.3 is 0 Å². The minimum absolute atomic E-state index is 0.589. The van der Waals surface area contributed by atoms with E-state index in [1.165, 1.54) is 116 Å². The van der Waals surface area contributed by atoms with Crippen LogP contribution in [0.3, 0.4) is 0 Å². The Balaban J connectivity index is 2.50. The zero-order chi connectivity index (χ0) is 23.8. The molecule has 0 radical (unpaired) electrons. The van der Waals surface area contributed by atoms with Gasteiger partial charge in [-0.25, -0.2) is 0 Å². The summed E-state index contributed by atoms with van der Waals surface area (Å²) in [5.74, 6) is 0.629. The summed E-state index contributed by atoms with van der Waals surface area (Å²) in [4.78, 5) is 2.84. The van der Waals surface area contributed by atoms with Crippen LogP contribution in [0.2, 0.25) is 0 Å². The van der Waals surface area contributed by atoms with E-state index in [2.05, 4.69) is 53.4 Å². The van der Waals surface area contributed by atoms with Crippen molar-refractivity contribution in [1.29, 1.82) is 0 Å². The van der Waals surface area contributed by atoms with E-state index in [1.807, 2.05) is 0 Å². The van der Waals surface area contributed by atoms with E-state index in [4.69, 9.17) is 0 Å². The average molecular weight is 446 g/mol. The number of hydrogen-bond acceptors (Lipinski definition) is 1. The molecule has 0 amide bonds. The first kappa shape index (κ1) is 29.5. The molecule has 1 aliphatic carbocycles. The molecular formula is C31H59N. The zero-order valence-electron chi connectivity index (χ0n) is 23.3. The van der Waals surface area contributed by atoms with Gasteiger partial charge >= 0.3 is 0 Å². The van der Waals surface area contributed by atoms with Crippen molar-refractivity contribution >= 4 is 0 Å². The van der Waals surface area contributed by atoms with Crippen molar-refractivity contribution in [2.24, 2.45) is 5.92 Å². The van der Waals surface area contributed by atoms with Gasteiger partial charge in [0.1, 0.15) is 0 Å². The first-order valence-corrected chi connectivity index (χ1v) is 14.6. The van der Waals surface area contributed by atoms with Crippen molar-refractivity contribution in [1.82, 2.24) is 4.90 Å². The minimum atomic E-state index is 0.589. The number of rotatable bonds is 20. The third-order valence-corrected chi connectivity index (χ3v) is 8.30. The van der Waals surface area contributed by atoms with Gasteiger partial charge in [0.05, 0.1) is 0 Å². The highest BCUT2D eigenvalue weighted by molar-refractivity contribution is 5.48. The van der Waals surface area contributed by atoms with Crippen molar-refractivity contribution < 1.29 is 0 Å². The topological polar surface area (TPSA) is 3.24 Å². The third kappa shape index (κ3) is 10.6. The molecule has 2 unspecified atom stereocenters. The normalized spacial score (nSPS) is 17.8. The van der Waals surface area contributed by atoms with Gasteiger partial charge in [-0.3, -0.25) is 4.90 Å². The van der Waals surface area contributed by atoms with Crippen LogP contribution in [0.5, 0.6) is 0 Å². The fourth-order valence-corrected chi connectivity index (χ4v) is 5.66. The summed E-state index contributed by atoms with van der Waals surface area (Å²) in [6.07, 6.45) is 22.6. The second-order valence-electron chi connectivity index (χ2n) is 10.8. The van der Waals surface area contributed by atoms with E-state index in [0.29, 0.717) is 12.0 Å². The molecule has 1 nitrogen and oxygen atoms in total. The SMILES string of the molecule is CCCCCCCCCCN(CCCCCCCCCC)C(C)C1=C(C)C(C)=C(C)C1C. The summed E-state index contributed by atoms with van der Waals surface area (Å²) in [7, 11) is 0. The van der Waals surface area contributed by atoms with E-state index in [-0.39, 0.29) is 0 Å². The van der Waals surface area contributed by atoms with E-state index in [9.17, 15) is 0 Å². The van der Waals surface area contributed by atoms with Gasteiger partial charge in [0.25, 0.3) is 0 Å². The number of nitrogens with zero attached hydrogens (tertiary/aromatic N) is 1. The fourth-order valence-electron chi connectivity index (χ4n) is 5.66. The number of unbranched alkanes of at least 4 members (excludes halogenated alkanes) is 14. The van der Waals surface area contributed by atoms with Crippen LogP contribution in [0.15, 0.2) is 22.3 Å². The summed E-state index contributed by atoms with van der Waals surface area (Å²) in [6.45, 7) is 19.2. The van der Waals surface area contributed by atoms with Crippen molar-refractivity contribution in [3.05, 3.63) is 22.3 Å². The molecular weight excluding hydrogens is 386 g/mol. The minimum Gasteiger partial charge on any atom is -0.297 e. The van der Waals surface area contributed by atoms with E-state index in [1.54, 1.807) is 22.3 Å². The number of hydrogen-bond donors (Lipinski definition) is 0. The number of allylic oxidation sites excluding steroid dienone is 3. The molecule has 0 aromatic heterocycles. The van der Waals surface area contributed by atoms with Gasteiger partial charge in [-0.15, -0.1) is 0 Å². The van der Waals surface area contributed by atoms with Crippen LogP contribution in [0.4, 0.5) is 0 Å². The Morgan fingerprint density at radius 2 is 0.969 bits per heavy atom. The van der Waals surface area contributed by atoms with E-state index < -0.39 is 0 Å². The monoisotopic (exact) mass is 445 g/mol. The summed E-state index contributed by atoms with van der Waals surface area (Å²) in [5.41, 5.74) is 6.44. The fraction of sp³-hybridized carbons (Fsp3) is 0.871. The molecule has 0 spiro atoms. The molecule has 0 heterocycles. The Bertz CT molecular complexity index is 521. The Kier molecular flexibility index (Phi) is 16.4. The highest BCUT2D eigenvalue weighted by Crippen LogP contribution is 2.39. The van der Waals surface area contributed by atoms with Gasteiger partial charge in [-0.1, -0.05) is 116 Å². The van der Waals surface area contributed by atoms with Crippen molar-refractivity contribution in [3.8, 4) is 0 Å². The van der Waals surface area contributed by atoms with Crippen LogP contribution in [0.1, 0.15) is 151 Å². The average Bonchev–Trinajstić information content (AvgIpc) is 2.98. The predicted molar refractivity (Wildman–Crippen MR) is 146 cm³/mol. The molecule has 0 saturated heterocycles. The zero-order valence-corrected chi connectivity index (χ0v) is 23.3. The lowest BCUT2D eigenvalue weighted by atomic mass is 9.91. The van der Waals surface area contributed by atoms with Crippen LogP contribution in [-0.2, 0) is 0 Å². The molecule has 0 aromatic carbocycles. The molecule has 1 rings (SSSR count). The van der Waals surface area contributed by atoms with E-state index in [0.717, 1.165) is 0 Å². The van der Waals surface area contributed by atoms with Gasteiger partial charge in [0.2, 0.25) is 0 Å². The van der Waals surface area contributed by atoms with Crippen molar-refractivity contribution in [2.75, 3.05) is 13.1 Å². The predicted octanol–water partition coefficient (Wildman–Crippen LogP) is 10.3. The first-order chi connectivity index (χ1) is 15.5. The molecule has 0 saturated carbocycles. The molecule has 0 aromatic rings. The Hall–Kier alpha value is -0.560. The Morgan fingerprint density at radius 3 is 1.31 bits per heavy atom. The summed E-state index contributed by atoms with van der Waals surface area (Å²) >= 11 is 0. The molecule has 188 valence electrons. The maximum atomic E-state index is 2.84. The molecule has 0 bridgehead atoms. The summed E-state index contributed by atoms with van der Waals surface area (Å²) < 4.78 is 0. The lowest BCUT2D eigenvalue weighted by Gasteiger charge is -2.33. The molecule has 1 heteroatoms. The molecule has 1 aliphatic rings. The van der Waals surface area contributed by atoms with Crippen LogP contribution in [0.25, 0.3) is 0 Å². The van der Waals surface area contributed by atoms with Crippen molar-refractivity contribution in [3.63, 3.8) is 0 Å². The molecule has 0 N–H and O–H groups in total. The quantitative estimate of drug-likeness (QED) is 0.168. The maximum Gasteiger partial charge on any atom is 0.0290 e. The van der Waals surface area contributed by atoms with Crippen LogP contribution < -0.4 is 0 Å². The van der Waals surface area contributed by atoms with Gasteiger partial charge in [-0.05, 0) is 70.3 Å². The van der Waals surface area contributed by atoms with Crippen LogP contribution in [0, 0.1) is 5.92 Å². The second-order valence-corrected chi connectivity index (χ2v) is 10.8. The van der Waals surface area contributed by atoms with Gasteiger partial charge in [0.15, 0.2) is 0 Å².